The fourth-order valence-electron chi connectivity index (χ4n) is 3.78. The number of aromatic nitrogens is 1. The van der Waals surface area contributed by atoms with Crippen molar-refractivity contribution in [2.75, 3.05) is 6.54 Å². The Morgan fingerprint density at radius 1 is 1.06 bits per heavy atom. The Morgan fingerprint density at radius 3 is 2.43 bits per heavy atom. The summed E-state index contributed by atoms with van der Waals surface area (Å²) in [5.41, 5.74) is 13.6. The fraction of sp³-hybridized carbons (Fsp3) is 0.346. The molecule has 0 saturated carbocycles. The first kappa shape index (κ1) is 26.3. The van der Waals surface area contributed by atoms with Gasteiger partial charge >= 0.3 is 6.18 Å². The molecule has 0 radical (unpaired) electrons. The van der Waals surface area contributed by atoms with Gasteiger partial charge in [-0.2, -0.15) is 13.2 Å². The zero-order valence-electron chi connectivity index (χ0n) is 19.4. The maximum atomic E-state index is 13.2. The predicted octanol–water partition coefficient (Wildman–Crippen LogP) is 3.47. The van der Waals surface area contributed by atoms with Crippen molar-refractivity contribution in [1.82, 2.24) is 10.3 Å². The summed E-state index contributed by atoms with van der Waals surface area (Å²) in [4.78, 5) is 30.2. The molecule has 1 amide bonds. The molecule has 9 heteroatoms. The van der Waals surface area contributed by atoms with Crippen LogP contribution >= 0.6 is 0 Å². The number of hydrogen-bond donors (Lipinski definition) is 3. The second kappa shape index (κ2) is 11.4. The summed E-state index contributed by atoms with van der Waals surface area (Å²) >= 11 is 0. The van der Waals surface area contributed by atoms with Gasteiger partial charge in [0.05, 0.1) is 23.2 Å². The molecule has 3 aromatic rings. The van der Waals surface area contributed by atoms with E-state index in [1.807, 2.05) is 31.2 Å². The number of rotatable bonds is 10. The third kappa shape index (κ3) is 7.34. The van der Waals surface area contributed by atoms with E-state index in [1.165, 1.54) is 12.1 Å². The highest BCUT2D eigenvalue weighted by Gasteiger charge is 2.30. The first-order valence-corrected chi connectivity index (χ1v) is 11.4. The number of ketones is 1. The van der Waals surface area contributed by atoms with Crippen molar-refractivity contribution >= 4 is 22.6 Å². The van der Waals surface area contributed by atoms with Crippen molar-refractivity contribution in [3.63, 3.8) is 0 Å². The minimum Gasteiger partial charge on any atom is -0.345 e. The zero-order chi connectivity index (χ0) is 25.6. The Bertz CT molecular complexity index is 1180. The maximum Gasteiger partial charge on any atom is 0.416 e. The van der Waals surface area contributed by atoms with Crippen molar-refractivity contribution in [1.29, 1.82) is 0 Å². The Kier molecular flexibility index (Phi) is 8.58. The number of alkyl halides is 3. The molecule has 0 aliphatic carbocycles. The number of fused-ring (bicyclic) bond motifs is 1. The van der Waals surface area contributed by atoms with E-state index in [2.05, 4.69) is 10.3 Å². The molecule has 2 atom stereocenters. The van der Waals surface area contributed by atoms with Gasteiger partial charge in [0.25, 0.3) is 0 Å². The van der Waals surface area contributed by atoms with E-state index in [-0.39, 0.29) is 18.6 Å². The van der Waals surface area contributed by atoms with Crippen molar-refractivity contribution < 1.29 is 22.8 Å². The van der Waals surface area contributed by atoms with Crippen LogP contribution in [-0.4, -0.2) is 35.3 Å². The lowest BCUT2D eigenvalue weighted by Gasteiger charge is -2.21. The number of amides is 1. The molecule has 0 saturated heterocycles. The molecule has 0 unspecified atom stereocenters. The van der Waals surface area contributed by atoms with Crippen molar-refractivity contribution in [2.45, 2.75) is 50.9 Å². The number of nitrogens with one attached hydrogen (secondary N) is 1. The number of pyridine rings is 1. The first-order chi connectivity index (χ1) is 16.6. The molecular weight excluding hydrogens is 457 g/mol. The minimum absolute atomic E-state index is 0.000497. The van der Waals surface area contributed by atoms with Crippen LogP contribution < -0.4 is 16.8 Å². The van der Waals surface area contributed by atoms with E-state index < -0.39 is 29.7 Å². The van der Waals surface area contributed by atoms with Crippen LogP contribution in [0.1, 0.15) is 35.1 Å². The molecule has 0 aliphatic heterocycles. The molecule has 5 N–H and O–H groups in total. The number of nitrogens with two attached hydrogens (primary N) is 2. The van der Waals surface area contributed by atoms with Gasteiger partial charge in [-0.25, -0.2) is 0 Å². The molecule has 0 fully saturated rings. The maximum absolute atomic E-state index is 13.2. The number of aryl methyl sites for hydroxylation is 1. The second-order valence-corrected chi connectivity index (χ2v) is 8.68. The average Bonchev–Trinajstić information content (AvgIpc) is 2.81. The summed E-state index contributed by atoms with van der Waals surface area (Å²) in [5, 5.41) is 3.58. The van der Waals surface area contributed by atoms with E-state index in [0.717, 1.165) is 28.6 Å². The quantitative estimate of drug-likeness (QED) is 0.406. The molecule has 6 nitrogen and oxygen atoms in total. The number of Topliss-reactive ketones (excluding diaryl/α,β-unsaturated/α-hetero) is 1. The Hall–Kier alpha value is -3.30. The molecule has 2 aromatic carbocycles. The van der Waals surface area contributed by atoms with Crippen LogP contribution in [0.4, 0.5) is 13.2 Å². The number of hydrogen-bond acceptors (Lipinski definition) is 5. The van der Waals surface area contributed by atoms with E-state index in [9.17, 15) is 22.8 Å². The van der Waals surface area contributed by atoms with Gasteiger partial charge in [0.2, 0.25) is 5.91 Å². The molecule has 0 bridgehead atoms. The smallest absolute Gasteiger partial charge is 0.345 e. The van der Waals surface area contributed by atoms with Crippen LogP contribution in [0.2, 0.25) is 0 Å². The molecule has 186 valence electrons. The lowest BCUT2D eigenvalue weighted by Crippen LogP contribution is -2.49. The molecule has 35 heavy (non-hydrogen) atoms. The van der Waals surface area contributed by atoms with Crippen LogP contribution in [0.5, 0.6) is 0 Å². The van der Waals surface area contributed by atoms with E-state index in [4.69, 9.17) is 11.5 Å². The molecule has 1 aromatic heterocycles. The average molecular weight is 487 g/mol. The molecule has 1 heterocycles. The standard InChI is InChI=1S/C26H29F3N4O2/c1-16-4-9-22-19(11-16)12-18(15-32-22)14-24(34)23(33-25(35)21(31)3-2-10-30)13-17-5-7-20(8-6-17)26(27,28)29/h4-9,11-12,15,21,23H,2-3,10,13-14,30-31H2,1H3,(H,33,35)/t21-,23+/m0/s1. The largest absolute Gasteiger partial charge is 0.416 e. The van der Waals surface area contributed by atoms with Gasteiger partial charge < -0.3 is 16.8 Å². The SMILES string of the molecule is Cc1ccc2ncc(CC(=O)[C@@H](Cc3ccc(C(F)(F)F)cc3)NC(=O)[C@@H](N)CCCN)cc2c1. The number of carbonyl (C=O) groups excluding carboxylic acids is 2. The molecule has 0 spiro atoms. The normalized spacial score (nSPS) is 13.4. The topological polar surface area (TPSA) is 111 Å². The molecule has 0 aliphatic rings. The highest BCUT2D eigenvalue weighted by molar-refractivity contribution is 5.92. The van der Waals surface area contributed by atoms with Crippen LogP contribution in [0.15, 0.2) is 54.7 Å². The lowest BCUT2D eigenvalue weighted by molar-refractivity contribution is -0.137. The highest BCUT2D eigenvalue weighted by atomic mass is 19.4. The summed E-state index contributed by atoms with van der Waals surface area (Å²) in [5.74, 6) is -0.797. The van der Waals surface area contributed by atoms with Gasteiger partial charge in [0, 0.05) is 18.0 Å². The van der Waals surface area contributed by atoms with Gasteiger partial charge in [-0.15, -0.1) is 0 Å². The van der Waals surface area contributed by atoms with Gasteiger partial charge in [0.15, 0.2) is 5.78 Å². The van der Waals surface area contributed by atoms with Crippen LogP contribution in [-0.2, 0) is 28.6 Å². The number of halogens is 3. The summed E-state index contributed by atoms with van der Waals surface area (Å²) in [6.45, 7) is 2.34. The Balaban J connectivity index is 1.80. The third-order valence-corrected chi connectivity index (χ3v) is 5.75. The van der Waals surface area contributed by atoms with Crippen LogP contribution in [0.25, 0.3) is 10.9 Å². The summed E-state index contributed by atoms with van der Waals surface area (Å²) < 4.78 is 38.7. The van der Waals surface area contributed by atoms with Crippen molar-refractivity contribution in [2.24, 2.45) is 11.5 Å². The minimum atomic E-state index is -4.46. The molecular formula is C26H29F3N4O2. The fourth-order valence-corrected chi connectivity index (χ4v) is 3.78. The summed E-state index contributed by atoms with van der Waals surface area (Å²) in [6.07, 6.45) is -1.91. The van der Waals surface area contributed by atoms with Crippen molar-refractivity contribution in [3.8, 4) is 0 Å². The highest BCUT2D eigenvalue weighted by Crippen LogP contribution is 2.29. The first-order valence-electron chi connectivity index (χ1n) is 11.4. The van der Waals surface area contributed by atoms with Gasteiger partial charge in [-0.3, -0.25) is 14.6 Å². The number of benzene rings is 2. The second-order valence-electron chi connectivity index (χ2n) is 8.68. The Morgan fingerprint density at radius 2 is 1.77 bits per heavy atom. The van der Waals surface area contributed by atoms with E-state index in [1.54, 1.807) is 6.20 Å². The third-order valence-electron chi connectivity index (χ3n) is 5.75. The van der Waals surface area contributed by atoms with Gasteiger partial charge in [0.1, 0.15) is 0 Å². The number of carbonyl (C=O) groups is 2. The summed E-state index contributed by atoms with van der Waals surface area (Å²) in [6, 6.07) is 10.4. The molecule has 3 rings (SSSR count). The van der Waals surface area contributed by atoms with Crippen molar-refractivity contribution in [3.05, 3.63) is 77.0 Å². The predicted molar refractivity (Wildman–Crippen MR) is 129 cm³/mol. The van der Waals surface area contributed by atoms with Crippen LogP contribution in [0.3, 0.4) is 0 Å². The lowest BCUT2D eigenvalue weighted by atomic mass is 9.96. The van der Waals surface area contributed by atoms with Gasteiger partial charge in [-0.1, -0.05) is 23.8 Å². The van der Waals surface area contributed by atoms with E-state index >= 15 is 0 Å². The van der Waals surface area contributed by atoms with E-state index in [0.29, 0.717) is 30.5 Å². The van der Waals surface area contributed by atoms with Gasteiger partial charge in [-0.05, 0) is 74.2 Å². The Labute approximate surface area is 201 Å². The monoisotopic (exact) mass is 486 g/mol. The summed E-state index contributed by atoms with van der Waals surface area (Å²) in [7, 11) is 0. The number of nitrogens with zero attached hydrogens (tertiary/aromatic N) is 1. The van der Waals surface area contributed by atoms with Crippen LogP contribution in [0, 0.1) is 6.92 Å². The zero-order valence-corrected chi connectivity index (χ0v) is 19.4.